The van der Waals surface area contributed by atoms with E-state index in [4.69, 9.17) is 5.73 Å². The second-order valence-electron chi connectivity index (χ2n) is 5.57. The molecule has 0 aliphatic carbocycles. The molecule has 0 saturated heterocycles. The maximum Gasteiger partial charge on any atom is 0.252 e. The quantitative estimate of drug-likeness (QED) is 0.885. The van der Waals surface area contributed by atoms with Gasteiger partial charge in [0.25, 0.3) is 5.56 Å². The largest absolute Gasteiger partial charge is 0.383 e. The summed E-state index contributed by atoms with van der Waals surface area (Å²) in [5, 5.41) is 4.10. The summed E-state index contributed by atoms with van der Waals surface area (Å²) in [5.41, 5.74) is 6.15. The van der Waals surface area contributed by atoms with Crippen molar-refractivity contribution in [3.63, 3.8) is 0 Å². The SMILES string of the molecule is Cn1c(=O)cc(NCC(C)(C)C(N)=O)c2ccccc21. The first-order valence-electron chi connectivity index (χ1n) is 6.45. The summed E-state index contributed by atoms with van der Waals surface area (Å²) < 4.78 is 1.60. The zero-order valence-corrected chi connectivity index (χ0v) is 11.9. The van der Waals surface area contributed by atoms with Crippen LogP contribution in [0.5, 0.6) is 0 Å². The van der Waals surface area contributed by atoms with Crippen molar-refractivity contribution in [3.8, 4) is 0 Å². The Morgan fingerprint density at radius 2 is 2.00 bits per heavy atom. The van der Waals surface area contributed by atoms with Crippen molar-refractivity contribution >= 4 is 22.5 Å². The first kappa shape index (κ1) is 14.1. The molecule has 0 aliphatic rings. The van der Waals surface area contributed by atoms with Crippen LogP contribution in [0.2, 0.25) is 0 Å². The third-order valence-corrected chi connectivity index (χ3v) is 3.54. The van der Waals surface area contributed by atoms with Gasteiger partial charge in [0.2, 0.25) is 5.91 Å². The lowest BCUT2D eigenvalue weighted by molar-refractivity contribution is -0.125. The van der Waals surface area contributed by atoms with Crippen LogP contribution in [0.3, 0.4) is 0 Å². The van der Waals surface area contributed by atoms with Gasteiger partial charge in [-0.25, -0.2) is 0 Å². The van der Waals surface area contributed by atoms with Gasteiger partial charge in [-0.05, 0) is 19.9 Å². The van der Waals surface area contributed by atoms with Gasteiger partial charge in [0.1, 0.15) is 0 Å². The van der Waals surface area contributed by atoms with Crippen molar-refractivity contribution in [2.45, 2.75) is 13.8 Å². The number of pyridine rings is 1. The molecule has 5 nitrogen and oxygen atoms in total. The number of hydrogen-bond acceptors (Lipinski definition) is 3. The number of aromatic nitrogens is 1. The third kappa shape index (κ3) is 2.52. The second kappa shape index (κ2) is 5.00. The van der Waals surface area contributed by atoms with Crippen molar-refractivity contribution in [3.05, 3.63) is 40.7 Å². The average Bonchev–Trinajstić information content (AvgIpc) is 2.41. The minimum Gasteiger partial charge on any atom is -0.383 e. The maximum absolute atomic E-state index is 11.9. The molecule has 1 aromatic carbocycles. The van der Waals surface area contributed by atoms with Crippen molar-refractivity contribution in [2.24, 2.45) is 18.2 Å². The van der Waals surface area contributed by atoms with E-state index in [0.717, 1.165) is 16.6 Å². The number of nitrogens with zero attached hydrogens (tertiary/aromatic N) is 1. The Morgan fingerprint density at radius 3 is 2.65 bits per heavy atom. The van der Waals surface area contributed by atoms with Crippen LogP contribution < -0.4 is 16.6 Å². The van der Waals surface area contributed by atoms with E-state index in [0.29, 0.717) is 6.54 Å². The van der Waals surface area contributed by atoms with E-state index in [1.54, 1.807) is 31.5 Å². The highest BCUT2D eigenvalue weighted by Gasteiger charge is 2.24. The number of carbonyl (C=O) groups is 1. The van der Waals surface area contributed by atoms with Gasteiger partial charge in [0, 0.05) is 30.7 Å². The van der Waals surface area contributed by atoms with Gasteiger partial charge < -0.3 is 15.6 Å². The molecule has 20 heavy (non-hydrogen) atoms. The number of benzene rings is 1. The van der Waals surface area contributed by atoms with Gasteiger partial charge in [-0.15, -0.1) is 0 Å². The number of anilines is 1. The molecule has 2 rings (SSSR count). The number of para-hydroxylation sites is 1. The zero-order valence-electron chi connectivity index (χ0n) is 11.9. The fraction of sp³-hybridized carbons (Fsp3) is 0.333. The Morgan fingerprint density at radius 1 is 1.35 bits per heavy atom. The Balaban J connectivity index is 2.43. The number of rotatable bonds is 4. The molecule has 1 aromatic heterocycles. The second-order valence-corrected chi connectivity index (χ2v) is 5.57. The van der Waals surface area contributed by atoms with E-state index in [9.17, 15) is 9.59 Å². The van der Waals surface area contributed by atoms with Crippen molar-refractivity contribution < 1.29 is 4.79 Å². The Labute approximate surface area is 117 Å². The summed E-state index contributed by atoms with van der Waals surface area (Å²) >= 11 is 0. The van der Waals surface area contributed by atoms with Gasteiger partial charge >= 0.3 is 0 Å². The molecule has 106 valence electrons. The molecular weight excluding hydrogens is 254 g/mol. The molecule has 0 saturated carbocycles. The number of nitrogens with two attached hydrogens (primary N) is 1. The molecule has 0 fully saturated rings. The molecule has 0 atom stereocenters. The first-order valence-corrected chi connectivity index (χ1v) is 6.45. The van der Waals surface area contributed by atoms with Crippen molar-refractivity contribution in [2.75, 3.05) is 11.9 Å². The average molecular weight is 273 g/mol. The van der Waals surface area contributed by atoms with Gasteiger partial charge in [0.05, 0.1) is 10.9 Å². The predicted molar refractivity (Wildman–Crippen MR) is 80.7 cm³/mol. The Kier molecular flexibility index (Phi) is 3.53. The monoisotopic (exact) mass is 273 g/mol. The number of carbonyl (C=O) groups excluding carboxylic acids is 1. The number of amides is 1. The Bertz CT molecular complexity index is 717. The lowest BCUT2D eigenvalue weighted by Crippen LogP contribution is -2.37. The molecule has 0 bridgehead atoms. The summed E-state index contributed by atoms with van der Waals surface area (Å²) in [6, 6.07) is 9.17. The molecular formula is C15H19N3O2. The summed E-state index contributed by atoms with van der Waals surface area (Å²) in [6.45, 7) is 3.91. The minimum absolute atomic E-state index is 0.0944. The fourth-order valence-electron chi connectivity index (χ4n) is 1.96. The molecule has 2 aromatic rings. The summed E-state index contributed by atoms with van der Waals surface area (Å²) in [5.74, 6) is -0.377. The highest BCUT2D eigenvalue weighted by atomic mass is 16.1. The number of primary amides is 1. The van der Waals surface area contributed by atoms with E-state index in [1.165, 1.54) is 0 Å². The maximum atomic E-state index is 11.9. The van der Waals surface area contributed by atoms with Crippen LogP contribution in [-0.2, 0) is 11.8 Å². The minimum atomic E-state index is -0.678. The van der Waals surface area contributed by atoms with Crippen molar-refractivity contribution in [1.82, 2.24) is 4.57 Å². The predicted octanol–water partition coefficient (Wildman–Crippen LogP) is 1.46. The topological polar surface area (TPSA) is 77.1 Å². The molecule has 0 unspecified atom stereocenters. The molecule has 1 amide bonds. The molecule has 1 heterocycles. The smallest absolute Gasteiger partial charge is 0.252 e. The van der Waals surface area contributed by atoms with Crippen LogP contribution in [0.25, 0.3) is 10.9 Å². The number of fused-ring (bicyclic) bond motifs is 1. The number of aryl methyl sites for hydroxylation is 1. The normalized spacial score (nSPS) is 11.6. The van der Waals surface area contributed by atoms with Gasteiger partial charge in [-0.2, -0.15) is 0 Å². The van der Waals surface area contributed by atoms with E-state index in [1.807, 2.05) is 24.3 Å². The van der Waals surface area contributed by atoms with E-state index < -0.39 is 5.41 Å². The van der Waals surface area contributed by atoms with Gasteiger partial charge in [0.15, 0.2) is 0 Å². The Hall–Kier alpha value is -2.30. The number of hydrogen-bond donors (Lipinski definition) is 2. The van der Waals surface area contributed by atoms with Crippen LogP contribution >= 0.6 is 0 Å². The molecule has 0 aliphatic heterocycles. The standard InChI is InChI=1S/C15H19N3O2/c1-15(2,14(16)20)9-17-11-8-13(19)18(3)12-7-5-4-6-10(11)12/h4-8,17H,9H2,1-3H3,(H2,16,20). The van der Waals surface area contributed by atoms with E-state index in [-0.39, 0.29) is 11.5 Å². The fourth-order valence-corrected chi connectivity index (χ4v) is 1.96. The summed E-state index contributed by atoms with van der Waals surface area (Å²) in [6.07, 6.45) is 0. The lowest BCUT2D eigenvalue weighted by Gasteiger charge is -2.22. The third-order valence-electron chi connectivity index (χ3n) is 3.54. The molecule has 3 N–H and O–H groups in total. The summed E-state index contributed by atoms with van der Waals surface area (Å²) in [4.78, 5) is 23.3. The highest BCUT2D eigenvalue weighted by Crippen LogP contribution is 2.23. The first-order chi connectivity index (χ1) is 9.33. The van der Waals surface area contributed by atoms with Crippen LogP contribution in [0, 0.1) is 5.41 Å². The van der Waals surface area contributed by atoms with E-state index >= 15 is 0 Å². The van der Waals surface area contributed by atoms with Gasteiger partial charge in [-0.3, -0.25) is 9.59 Å². The molecule has 0 spiro atoms. The van der Waals surface area contributed by atoms with Crippen LogP contribution in [0.1, 0.15) is 13.8 Å². The lowest BCUT2D eigenvalue weighted by atomic mass is 9.92. The van der Waals surface area contributed by atoms with Gasteiger partial charge in [-0.1, -0.05) is 18.2 Å². The zero-order chi connectivity index (χ0) is 14.9. The number of nitrogens with one attached hydrogen (secondary N) is 1. The van der Waals surface area contributed by atoms with Crippen LogP contribution in [0.4, 0.5) is 5.69 Å². The van der Waals surface area contributed by atoms with E-state index in [2.05, 4.69) is 5.32 Å². The highest BCUT2D eigenvalue weighted by molar-refractivity contribution is 5.91. The molecule has 0 radical (unpaired) electrons. The summed E-state index contributed by atoms with van der Waals surface area (Å²) in [7, 11) is 1.74. The molecule has 5 heteroatoms. The van der Waals surface area contributed by atoms with Crippen molar-refractivity contribution in [1.29, 1.82) is 0 Å². The van der Waals surface area contributed by atoms with Crippen LogP contribution in [-0.4, -0.2) is 17.0 Å². The van der Waals surface area contributed by atoms with Crippen LogP contribution in [0.15, 0.2) is 35.1 Å².